The summed E-state index contributed by atoms with van der Waals surface area (Å²) in [5, 5.41) is 4.70. The van der Waals surface area contributed by atoms with Gasteiger partial charge in [0.25, 0.3) is 0 Å². The molecule has 1 unspecified atom stereocenters. The van der Waals surface area contributed by atoms with Gasteiger partial charge in [-0.1, -0.05) is 54.1 Å². The number of aromatic nitrogens is 2. The van der Waals surface area contributed by atoms with E-state index in [0.717, 1.165) is 46.5 Å². The van der Waals surface area contributed by atoms with E-state index >= 15 is 0 Å². The average Bonchev–Trinajstić information content (AvgIpc) is 3.23. The Morgan fingerprint density at radius 3 is 2.72 bits per heavy atom. The predicted octanol–water partition coefficient (Wildman–Crippen LogP) is 4.32. The number of hydrogen-bond acceptors (Lipinski definition) is 5. The molecule has 1 aromatic heterocycles. The van der Waals surface area contributed by atoms with Crippen molar-refractivity contribution in [1.29, 1.82) is 0 Å². The summed E-state index contributed by atoms with van der Waals surface area (Å²) < 4.78 is 4.51. The highest BCUT2D eigenvalue weighted by atomic mass is 35.5. The molecule has 1 saturated heterocycles. The standard InChI is InChI=1S/C22H23ClN4OS/c23-19-10-8-16(9-11-19)13-20-25-22(29-26-20)27-12-4-7-18(15-27)21(28)24-14-17-5-2-1-3-6-17/h1-3,5-6,8-11,18H,4,7,12-15H2,(H,24,28). The van der Waals surface area contributed by atoms with Crippen LogP contribution in [-0.4, -0.2) is 28.4 Å². The van der Waals surface area contributed by atoms with E-state index in [-0.39, 0.29) is 11.8 Å². The van der Waals surface area contributed by atoms with E-state index in [9.17, 15) is 4.79 Å². The first kappa shape index (κ1) is 19.9. The lowest BCUT2D eigenvalue weighted by Gasteiger charge is -2.31. The van der Waals surface area contributed by atoms with Crippen LogP contribution < -0.4 is 10.2 Å². The molecule has 1 fully saturated rings. The number of carbonyl (C=O) groups is 1. The van der Waals surface area contributed by atoms with Gasteiger partial charge in [0.05, 0.1) is 5.92 Å². The predicted molar refractivity (Wildman–Crippen MR) is 117 cm³/mol. The van der Waals surface area contributed by atoms with E-state index in [0.29, 0.717) is 19.5 Å². The Hall–Kier alpha value is -2.44. The van der Waals surface area contributed by atoms with Gasteiger partial charge in [-0.15, -0.1) is 0 Å². The van der Waals surface area contributed by atoms with Crippen molar-refractivity contribution in [2.24, 2.45) is 5.92 Å². The highest BCUT2D eigenvalue weighted by Crippen LogP contribution is 2.25. The maximum Gasteiger partial charge on any atom is 0.225 e. The van der Waals surface area contributed by atoms with Gasteiger partial charge in [0.15, 0.2) is 0 Å². The Balaban J connectivity index is 1.34. The number of carbonyl (C=O) groups excluding carboxylic acids is 1. The fraction of sp³-hybridized carbons (Fsp3) is 0.318. The van der Waals surface area contributed by atoms with Crippen molar-refractivity contribution in [3.05, 3.63) is 76.6 Å². The number of nitrogens with one attached hydrogen (secondary N) is 1. The number of halogens is 1. The first-order chi connectivity index (χ1) is 14.2. The zero-order valence-corrected chi connectivity index (χ0v) is 17.6. The number of benzene rings is 2. The topological polar surface area (TPSA) is 58.1 Å². The third-order valence-electron chi connectivity index (χ3n) is 5.11. The van der Waals surface area contributed by atoms with Gasteiger partial charge in [0.2, 0.25) is 11.0 Å². The molecule has 1 aliphatic rings. The van der Waals surface area contributed by atoms with E-state index in [2.05, 4.69) is 14.6 Å². The van der Waals surface area contributed by atoms with Crippen LogP contribution in [0.2, 0.25) is 5.02 Å². The summed E-state index contributed by atoms with van der Waals surface area (Å²) in [6, 6.07) is 17.8. The van der Waals surface area contributed by atoms with Crippen LogP contribution in [0.4, 0.5) is 5.13 Å². The average molecular weight is 427 g/mol. The molecule has 7 heteroatoms. The van der Waals surface area contributed by atoms with Gasteiger partial charge in [-0.25, -0.2) is 4.98 Å². The number of piperidine rings is 1. The molecule has 3 aromatic rings. The molecule has 0 saturated carbocycles. The summed E-state index contributed by atoms with van der Waals surface area (Å²) in [7, 11) is 0. The molecule has 0 spiro atoms. The molecule has 1 amide bonds. The molecule has 0 bridgehead atoms. The zero-order valence-electron chi connectivity index (χ0n) is 16.1. The van der Waals surface area contributed by atoms with Gasteiger partial charge < -0.3 is 10.2 Å². The lowest BCUT2D eigenvalue weighted by Crippen LogP contribution is -2.43. The fourth-order valence-corrected chi connectivity index (χ4v) is 4.37. The molecular weight excluding hydrogens is 404 g/mol. The van der Waals surface area contributed by atoms with E-state index < -0.39 is 0 Å². The van der Waals surface area contributed by atoms with Gasteiger partial charge in [0, 0.05) is 42.6 Å². The highest BCUT2D eigenvalue weighted by molar-refractivity contribution is 7.09. The second-order valence-corrected chi connectivity index (χ2v) is 8.45. The fourth-order valence-electron chi connectivity index (χ4n) is 3.52. The van der Waals surface area contributed by atoms with Gasteiger partial charge in [0.1, 0.15) is 5.82 Å². The van der Waals surface area contributed by atoms with Crippen LogP contribution in [0.15, 0.2) is 54.6 Å². The van der Waals surface area contributed by atoms with E-state index in [1.165, 1.54) is 11.5 Å². The van der Waals surface area contributed by atoms with Gasteiger partial charge >= 0.3 is 0 Å². The first-order valence-electron chi connectivity index (χ1n) is 9.81. The van der Waals surface area contributed by atoms with Crippen LogP contribution in [0.3, 0.4) is 0 Å². The largest absolute Gasteiger partial charge is 0.352 e. The van der Waals surface area contributed by atoms with Crippen LogP contribution in [0, 0.1) is 5.92 Å². The highest BCUT2D eigenvalue weighted by Gasteiger charge is 2.27. The van der Waals surface area contributed by atoms with Crippen LogP contribution >= 0.6 is 23.1 Å². The summed E-state index contributed by atoms with van der Waals surface area (Å²) in [5.41, 5.74) is 2.25. The number of hydrogen-bond donors (Lipinski definition) is 1. The molecule has 0 radical (unpaired) electrons. The lowest BCUT2D eigenvalue weighted by atomic mass is 9.97. The van der Waals surface area contributed by atoms with E-state index in [1.807, 2.05) is 54.6 Å². The molecule has 5 nitrogen and oxygen atoms in total. The third-order valence-corrected chi connectivity index (χ3v) is 6.17. The van der Waals surface area contributed by atoms with Crippen molar-refractivity contribution in [3.8, 4) is 0 Å². The second kappa shape index (κ2) is 9.37. The minimum absolute atomic E-state index is 0.0175. The summed E-state index contributed by atoms with van der Waals surface area (Å²) in [4.78, 5) is 19.5. The van der Waals surface area contributed by atoms with Crippen molar-refractivity contribution in [2.45, 2.75) is 25.8 Å². The molecule has 150 valence electrons. The molecule has 1 atom stereocenters. The Morgan fingerprint density at radius 2 is 1.93 bits per heavy atom. The monoisotopic (exact) mass is 426 g/mol. The maximum atomic E-state index is 12.6. The van der Waals surface area contributed by atoms with Crippen molar-refractivity contribution in [1.82, 2.24) is 14.7 Å². The maximum absolute atomic E-state index is 12.6. The normalized spacial score (nSPS) is 16.6. The lowest BCUT2D eigenvalue weighted by molar-refractivity contribution is -0.125. The Morgan fingerprint density at radius 1 is 1.14 bits per heavy atom. The van der Waals surface area contributed by atoms with Gasteiger partial charge in [-0.2, -0.15) is 4.37 Å². The van der Waals surface area contributed by atoms with E-state index in [4.69, 9.17) is 16.6 Å². The molecule has 4 rings (SSSR count). The molecule has 2 heterocycles. The summed E-state index contributed by atoms with van der Waals surface area (Å²) in [5.74, 6) is 0.906. The SMILES string of the molecule is O=C(NCc1ccccc1)C1CCCN(c2nc(Cc3ccc(Cl)cc3)ns2)C1. The van der Waals surface area contributed by atoms with Crippen LogP contribution in [0.1, 0.15) is 29.8 Å². The Kier molecular flexibility index (Phi) is 6.42. The summed E-state index contributed by atoms with van der Waals surface area (Å²) in [6.07, 6.45) is 2.57. The summed E-state index contributed by atoms with van der Waals surface area (Å²) in [6.45, 7) is 2.18. The number of anilines is 1. The van der Waals surface area contributed by atoms with Gasteiger partial charge in [-0.05, 0) is 36.1 Å². The first-order valence-corrected chi connectivity index (χ1v) is 11.0. The molecule has 0 aliphatic carbocycles. The van der Waals surface area contributed by atoms with Crippen molar-refractivity contribution >= 4 is 34.2 Å². The number of nitrogens with zero attached hydrogens (tertiary/aromatic N) is 3. The summed E-state index contributed by atoms with van der Waals surface area (Å²) >= 11 is 7.36. The minimum atomic E-state index is -0.0175. The molecule has 1 aliphatic heterocycles. The van der Waals surface area contributed by atoms with Crippen molar-refractivity contribution < 1.29 is 4.79 Å². The molecular formula is C22H23ClN4OS. The number of amides is 1. The van der Waals surface area contributed by atoms with E-state index in [1.54, 1.807) is 0 Å². The molecule has 1 N–H and O–H groups in total. The van der Waals surface area contributed by atoms with Crippen molar-refractivity contribution in [3.63, 3.8) is 0 Å². The van der Waals surface area contributed by atoms with Crippen LogP contribution in [-0.2, 0) is 17.8 Å². The van der Waals surface area contributed by atoms with Gasteiger partial charge in [-0.3, -0.25) is 4.79 Å². The Bertz CT molecular complexity index is 945. The quantitative estimate of drug-likeness (QED) is 0.637. The van der Waals surface area contributed by atoms with Crippen LogP contribution in [0.5, 0.6) is 0 Å². The molecule has 29 heavy (non-hydrogen) atoms. The minimum Gasteiger partial charge on any atom is -0.352 e. The Labute approximate surface area is 179 Å². The number of rotatable bonds is 6. The second-order valence-electron chi connectivity index (χ2n) is 7.28. The zero-order chi connectivity index (χ0) is 20.1. The van der Waals surface area contributed by atoms with Crippen LogP contribution in [0.25, 0.3) is 0 Å². The van der Waals surface area contributed by atoms with Crippen molar-refractivity contribution in [2.75, 3.05) is 18.0 Å². The third kappa shape index (κ3) is 5.34. The smallest absolute Gasteiger partial charge is 0.225 e. The molecule has 2 aromatic carbocycles.